The number of aromatic amines is 1. The van der Waals surface area contributed by atoms with Gasteiger partial charge in [-0.3, -0.25) is 19.8 Å². The molecule has 1 unspecified atom stereocenters. The number of hydrogen-bond donors (Lipinski definition) is 2. The van der Waals surface area contributed by atoms with Crippen molar-refractivity contribution in [1.29, 1.82) is 5.26 Å². The summed E-state index contributed by atoms with van der Waals surface area (Å²) in [6.07, 6.45) is 13.4. The maximum Gasteiger partial charge on any atom is 0.217 e. The van der Waals surface area contributed by atoms with Crippen molar-refractivity contribution in [3.8, 4) is 34.4 Å². The van der Waals surface area contributed by atoms with E-state index in [0.717, 1.165) is 109 Å². The molecule has 2 aliphatic heterocycles. The molecule has 2 fully saturated rings. The van der Waals surface area contributed by atoms with E-state index < -0.39 is 0 Å². The van der Waals surface area contributed by atoms with E-state index in [1.807, 2.05) is 30.6 Å². The normalized spacial score (nSPS) is 16.4. The minimum atomic E-state index is 0.0519. The Hall–Kier alpha value is -5.41. The fraction of sp³-hybridized carbons (Fsp3) is 0.404. The number of carbonyl (C=O) groups is 1. The molecule has 0 bridgehead atoms. The third-order valence-electron chi connectivity index (χ3n) is 11.6. The van der Waals surface area contributed by atoms with Gasteiger partial charge in [0.15, 0.2) is 0 Å². The van der Waals surface area contributed by atoms with Gasteiger partial charge >= 0.3 is 0 Å². The average molecular weight is 816 g/mol. The van der Waals surface area contributed by atoms with Crippen molar-refractivity contribution in [2.75, 3.05) is 32.8 Å². The molecule has 12 heteroatoms. The number of H-pyrrole nitrogens is 1. The summed E-state index contributed by atoms with van der Waals surface area (Å²) in [4.78, 5) is 20.6. The number of halogens is 1. The quantitative estimate of drug-likeness (QED) is 0.0939. The summed E-state index contributed by atoms with van der Waals surface area (Å²) in [5.74, 6) is 2.15. The zero-order chi connectivity index (χ0) is 41.1. The number of pyridine rings is 1. The monoisotopic (exact) mass is 815 g/mol. The molecular weight excluding hydrogens is 762 g/mol. The summed E-state index contributed by atoms with van der Waals surface area (Å²) < 4.78 is 19.3. The van der Waals surface area contributed by atoms with Crippen molar-refractivity contribution >= 4 is 17.5 Å². The number of nitriles is 1. The molecule has 2 aliphatic rings. The minimum absolute atomic E-state index is 0.0519. The highest BCUT2D eigenvalue weighted by atomic mass is 35.5. The maximum absolute atomic E-state index is 11.4. The van der Waals surface area contributed by atoms with Crippen LogP contribution < -0.4 is 19.5 Å². The Morgan fingerprint density at radius 2 is 1.69 bits per heavy atom. The highest BCUT2D eigenvalue weighted by molar-refractivity contribution is 6.32. The smallest absolute Gasteiger partial charge is 0.217 e. The SMILES string of the molecule is CC(=O)NC1CCN(CCCOc2cccc(-c3cccc(COc4cc(OCc5cncc(C#N)c5)c(CN5CCCCC5c5cn[nH]c5)cc4Cl)c3C)c2C)CC1. The van der Waals surface area contributed by atoms with Crippen LogP contribution in [0.5, 0.6) is 17.2 Å². The van der Waals surface area contributed by atoms with Crippen molar-refractivity contribution in [2.24, 2.45) is 0 Å². The van der Waals surface area contributed by atoms with E-state index in [0.29, 0.717) is 41.8 Å². The van der Waals surface area contributed by atoms with Crippen LogP contribution in [0.15, 0.2) is 79.4 Å². The average Bonchev–Trinajstić information content (AvgIpc) is 3.79. The van der Waals surface area contributed by atoms with Crippen LogP contribution in [0.3, 0.4) is 0 Å². The Bertz CT molecular complexity index is 2230. The van der Waals surface area contributed by atoms with Gasteiger partial charge < -0.3 is 24.4 Å². The number of benzene rings is 3. The molecule has 2 saturated heterocycles. The zero-order valence-electron chi connectivity index (χ0n) is 34.3. The minimum Gasteiger partial charge on any atom is -0.493 e. The molecule has 1 amide bonds. The number of rotatable bonds is 16. The van der Waals surface area contributed by atoms with Crippen molar-refractivity contribution < 1.29 is 19.0 Å². The van der Waals surface area contributed by atoms with E-state index in [9.17, 15) is 10.1 Å². The number of carbonyl (C=O) groups excluding carboxylic acids is 1. The summed E-state index contributed by atoms with van der Waals surface area (Å²) in [5.41, 5.74) is 8.95. The van der Waals surface area contributed by atoms with Crippen LogP contribution in [-0.2, 0) is 24.6 Å². The topological polar surface area (TPSA) is 129 Å². The summed E-state index contributed by atoms with van der Waals surface area (Å²) in [5, 5.41) is 20.2. The largest absolute Gasteiger partial charge is 0.493 e. The van der Waals surface area contributed by atoms with Gasteiger partial charge in [-0.25, -0.2) is 0 Å². The van der Waals surface area contributed by atoms with E-state index in [-0.39, 0.29) is 24.6 Å². The van der Waals surface area contributed by atoms with Crippen LogP contribution in [-0.4, -0.2) is 69.7 Å². The molecule has 0 saturated carbocycles. The highest BCUT2D eigenvalue weighted by Gasteiger charge is 2.27. The number of aromatic nitrogens is 3. The first-order valence-electron chi connectivity index (χ1n) is 20.7. The second-order valence-corrected chi connectivity index (χ2v) is 16.1. The Balaban J connectivity index is 1.03. The number of likely N-dealkylation sites (tertiary alicyclic amines) is 2. The first kappa shape index (κ1) is 41.7. The molecule has 0 radical (unpaired) electrons. The molecule has 0 aliphatic carbocycles. The summed E-state index contributed by atoms with van der Waals surface area (Å²) in [6.45, 7) is 11.6. The molecule has 11 nitrogen and oxygen atoms in total. The van der Waals surface area contributed by atoms with Gasteiger partial charge in [-0.2, -0.15) is 10.4 Å². The van der Waals surface area contributed by atoms with Crippen LogP contribution in [0, 0.1) is 25.2 Å². The fourth-order valence-electron chi connectivity index (χ4n) is 8.36. The van der Waals surface area contributed by atoms with Gasteiger partial charge in [0.05, 0.1) is 23.4 Å². The van der Waals surface area contributed by atoms with Crippen LogP contribution in [0.4, 0.5) is 0 Å². The Labute approximate surface area is 352 Å². The molecule has 2 aromatic heterocycles. The van der Waals surface area contributed by atoms with Gasteiger partial charge in [0, 0.05) is 86.5 Å². The van der Waals surface area contributed by atoms with Crippen molar-refractivity contribution in [1.82, 2.24) is 30.3 Å². The van der Waals surface area contributed by atoms with Crippen molar-refractivity contribution in [3.63, 3.8) is 0 Å². The van der Waals surface area contributed by atoms with Gasteiger partial charge in [-0.1, -0.05) is 48.4 Å². The van der Waals surface area contributed by atoms with E-state index in [1.165, 1.54) is 5.56 Å². The lowest BCUT2D eigenvalue weighted by Crippen LogP contribution is -2.44. The first-order chi connectivity index (χ1) is 28.7. The predicted molar refractivity (Wildman–Crippen MR) is 229 cm³/mol. The van der Waals surface area contributed by atoms with E-state index >= 15 is 0 Å². The van der Waals surface area contributed by atoms with Gasteiger partial charge in [-0.05, 0) is 98.5 Å². The van der Waals surface area contributed by atoms with Gasteiger partial charge in [0.25, 0.3) is 0 Å². The molecule has 7 rings (SSSR count). The standard InChI is InChI=1S/C47H54ClN7O4/c1-32-37(9-6-10-41(32)42-11-7-13-45(33(42)2)57-20-8-16-54-18-14-40(15-19-54)53-34(3)56)31-59-47-23-46(58-30-36-21-35(24-49)25-50-26-36)38(22-43(47)48)29-55-17-5-4-12-44(55)39-27-51-52-28-39/h6-7,9-11,13,21-23,25-28,40,44H,4-5,8,12,14-20,29-31H2,1-3H3,(H,51,52)(H,53,56). The van der Waals surface area contributed by atoms with Gasteiger partial charge in [-0.15, -0.1) is 0 Å². The Kier molecular flexibility index (Phi) is 14.2. The molecule has 5 aromatic rings. The number of ether oxygens (including phenoxy) is 3. The fourth-order valence-corrected chi connectivity index (χ4v) is 8.60. The zero-order valence-corrected chi connectivity index (χ0v) is 35.1. The molecule has 4 heterocycles. The molecular formula is C47H54ClN7O4. The molecule has 308 valence electrons. The van der Waals surface area contributed by atoms with E-state index in [2.05, 4.69) is 80.5 Å². The van der Waals surface area contributed by atoms with Crippen LogP contribution >= 0.6 is 11.6 Å². The lowest BCUT2D eigenvalue weighted by Gasteiger charge is -2.35. The number of hydrogen-bond acceptors (Lipinski definition) is 9. The molecule has 2 N–H and O–H groups in total. The van der Waals surface area contributed by atoms with Crippen LogP contribution in [0.2, 0.25) is 5.02 Å². The van der Waals surface area contributed by atoms with E-state index in [1.54, 1.807) is 25.4 Å². The van der Waals surface area contributed by atoms with Gasteiger partial charge in [0.2, 0.25) is 5.91 Å². The Morgan fingerprint density at radius 3 is 2.47 bits per heavy atom. The lowest BCUT2D eigenvalue weighted by molar-refractivity contribution is -0.119. The maximum atomic E-state index is 11.4. The Morgan fingerprint density at radius 1 is 0.898 bits per heavy atom. The first-order valence-corrected chi connectivity index (χ1v) is 21.1. The van der Waals surface area contributed by atoms with Crippen molar-refractivity contribution in [3.05, 3.63) is 123 Å². The van der Waals surface area contributed by atoms with Crippen LogP contribution in [0.25, 0.3) is 11.1 Å². The molecule has 59 heavy (non-hydrogen) atoms. The third kappa shape index (κ3) is 10.8. The number of nitrogens with one attached hydrogen (secondary N) is 2. The summed E-state index contributed by atoms with van der Waals surface area (Å²) in [6, 6.07) is 20.9. The van der Waals surface area contributed by atoms with Gasteiger partial charge in [0.1, 0.15) is 36.5 Å². The molecule has 3 aromatic carbocycles. The van der Waals surface area contributed by atoms with Crippen molar-refractivity contribution in [2.45, 2.75) is 91.1 Å². The lowest BCUT2D eigenvalue weighted by atomic mass is 9.93. The summed E-state index contributed by atoms with van der Waals surface area (Å²) in [7, 11) is 0. The van der Waals surface area contributed by atoms with E-state index in [4.69, 9.17) is 25.8 Å². The second kappa shape index (κ2) is 20.0. The number of piperidine rings is 2. The number of amides is 1. The molecule has 0 spiro atoms. The predicted octanol–water partition coefficient (Wildman–Crippen LogP) is 8.87. The summed E-state index contributed by atoms with van der Waals surface area (Å²) >= 11 is 7.01. The second-order valence-electron chi connectivity index (χ2n) is 15.7. The third-order valence-corrected chi connectivity index (χ3v) is 11.9. The highest BCUT2D eigenvalue weighted by Crippen LogP contribution is 2.39. The molecule has 1 atom stereocenters. The number of nitrogens with zero attached hydrogens (tertiary/aromatic N) is 5. The van der Waals surface area contributed by atoms with Crippen LogP contribution in [0.1, 0.15) is 90.4 Å².